The van der Waals surface area contributed by atoms with Crippen LogP contribution in [0.3, 0.4) is 0 Å². The van der Waals surface area contributed by atoms with E-state index in [-0.39, 0.29) is 11.8 Å². The average molecular weight is 331 g/mol. The lowest BCUT2D eigenvalue weighted by molar-refractivity contribution is 0.102. The van der Waals surface area contributed by atoms with E-state index in [9.17, 15) is 4.79 Å². The zero-order valence-electron chi connectivity index (χ0n) is 12.9. The highest BCUT2D eigenvalue weighted by molar-refractivity contribution is 6.38. The highest BCUT2D eigenvalue weighted by atomic mass is 35.5. The number of halogens is 1. The zero-order chi connectivity index (χ0) is 16.6. The molecule has 118 valence electrons. The van der Waals surface area contributed by atoms with E-state index in [1.165, 1.54) is 0 Å². The van der Waals surface area contributed by atoms with Gasteiger partial charge in [-0.15, -0.1) is 0 Å². The molecule has 6 nitrogen and oxygen atoms in total. The number of fused-ring (bicyclic) bond motifs is 1. The first-order valence-electron chi connectivity index (χ1n) is 7.15. The molecule has 1 amide bonds. The van der Waals surface area contributed by atoms with Crippen molar-refractivity contribution in [2.45, 2.75) is 26.7 Å². The van der Waals surface area contributed by atoms with Gasteiger partial charge in [-0.25, -0.2) is 0 Å². The fourth-order valence-electron chi connectivity index (χ4n) is 2.34. The molecule has 0 radical (unpaired) electrons. The number of carbonyl (C=O) groups excluding carboxylic acids is 1. The van der Waals surface area contributed by atoms with Crippen molar-refractivity contribution in [3.63, 3.8) is 0 Å². The minimum atomic E-state index is -0.308. The van der Waals surface area contributed by atoms with E-state index in [0.29, 0.717) is 38.8 Å². The van der Waals surface area contributed by atoms with E-state index < -0.39 is 0 Å². The Hall–Kier alpha value is -2.47. The van der Waals surface area contributed by atoms with E-state index >= 15 is 0 Å². The van der Waals surface area contributed by atoms with Gasteiger partial charge in [-0.2, -0.15) is 0 Å². The molecule has 0 fully saturated rings. The molecule has 0 unspecified atom stereocenters. The molecular weight excluding hydrogens is 316 g/mol. The van der Waals surface area contributed by atoms with Crippen molar-refractivity contribution in [3.05, 3.63) is 46.6 Å². The van der Waals surface area contributed by atoms with E-state index in [2.05, 4.69) is 20.4 Å². The van der Waals surface area contributed by atoms with Gasteiger partial charge in [0.15, 0.2) is 5.76 Å². The minimum absolute atomic E-state index is 0.0508. The number of amides is 1. The van der Waals surface area contributed by atoms with Gasteiger partial charge in [0, 0.05) is 18.3 Å². The maximum atomic E-state index is 12.6. The predicted octanol–water partition coefficient (Wildman–Crippen LogP) is 3.96. The maximum Gasteiger partial charge on any atom is 0.261 e. The lowest BCUT2D eigenvalue weighted by Crippen LogP contribution is -2.15. The molecule has 0 spiro atoms. The predicted molar refractivity (Wildman–Crippen MR) is 87.8 cm³/mol. The third-order valence-corrected chi connectivity index (χ3v) is 3.85. The van der Waals surface area contributed by atoms with Gasteiger partial charge in [0.1, 0.15) is 11.1 Å². The van der Waals surface area contributed by atoms with E-state index in [0.717, 1.165) is 0 Å². The molecule has 0 aliphatic rings. The Kier molecular flexibility index (Phi) is 4.00. The summed E-state index contributed by atoms with van der Waals surface area (Å²) in [4.78, 5) is 21.0. The third-order valence-electron chi connectivity index (χ3n) is 3.47. The van der Waals surface area contributed by atoms with Crippen molar-refractivity contribution in [2.75, 3.05) is 5.32 Å². The summed E-state index contributed by atoms with van der Waals surface area (Å²) in [6.45, 7) is 5.61. The maximum absolute atomic E-state index is 12.6. The molecule has 0 aliphatic heterocycles. The Bertz CT molecular complexity index is 889. The number of aromatic nitrogens is 3. The molecule has 0 atom stereocenters. The monoisotopic (exact) mass is 330 g/mol. The molecule has 1 N–H and O–H groups in total. The van der Waals surface area contributed by atoms with Gasteiger partial charge in [0.05, 0.1) is 21.9 Å². The number of hydrogen-bond acceptors (Lipinski definition) is 5. The molecule has 2 heterocycles. The minimum Gasteiger partial charge on any atom is -0.360 e. The fraction of sp³-hybridized carbons (Fsp3) is 0.250. The standard InChI is InChI=1S/C16H15ClN4O2/c1-8(2)15-12(9(3)21-23-15)16(22)20-10-4-5-11-14(13(10)17)19-7-6-18-11/h4-8H,1-3H3,(H,20,22). The van der Waals surface area contributed by atoms with Gasteiger partial charge >= 0.3 is 0 Å². The van der Waals surface area contributed by atoms with Crippen LogP contribution in [0.4, 0.5) is 5.69 Å². The zero-order valence-corrected chi connectivity index (χ0v) is 13.7. The van der Waals surface area contributed by atoms with E-state index in [1.54, 1.807) is 31.5 Å². The molecule has 7 heteroatoms. The number of aryl methyl sites for hydroxylation is 1. The van der Waals surface area contributed by atoms with Crippen LogP contribution >= 0.6 is 11.6 Å². The normalized spacial score (nSPS) is 11.2. The SMILES string of the molecule is Cc1noc(C(C)C)c1C(=O)Nc1ccc2nccnc2c1Cl. The van der Waals surface area contributed by atoms with Crippen LogP contribution in [0.15, 0.2) is 29.0 Å². The highest BCUT2D eigenvalue weighted by Gasteiger charge is 2.23. The summed E-state index contributed by atoms with van der Waals surface area (Å²) in [6.07, 6.45) is 3.15. The Morgan fingerprint density at radius 3 is 2.74 bits per heavy atom. The first-order valence-corrected chi connectivity index (χ1v) is 7.53. The largest absolute Gasteiger partial charge is 0.360 e. The summed E-state index contributed by atoms with van der Waals surface area (Å²) < 4.78 is 5.25. The molecule has 3 rings (SSSR count). The van der Waals surface area contributed by atoms with Crippen molar-refractivity contribution in [2.24, 2.45) is 0 Å². The first kappa shape index (κ1) is 15.4. The van der Waals surface area contributed by atoms with Crippen molar-refractivity contribution in [3.8, 4) is 0 Å². The van der Waals surface area contributed by atoms with Crippen LogP contribution in [0.1, 0.15) is 41.6 Å². The van der Waals surface area contributed by atoms with Gasteiger partial charge in [0.25, 0.3) is 5.91 Å². The Morgan fingerprint density at radius 1 is 1.26 bits per heavy atom. The van der Waals surface area contributed by atoms with Crippen LogP contribution in [0, 0.1) is 6.92 Å². The van der Waals surface area contributed by atoms with Crippen molar-refractivity contribution >= 4 is 34.2 Å². The first-order chi connectivity index (χ1) is 11.0. The molecule has 0 aliphatic carbocycles. The summed E-state index contributed by atoms with van der Waals surface area (Å²) in [7, 11) is 0. The van der Waals surface area contributed by atoms with Gasteiger partial charge in [-0.1, -0.05) is 30.6 Å². The molecular formula is C16H15ClN4O2. The Balaban J connectivity index is 1.98. The Labute approximate surface area is 137 Å². The van der Waals surface area contributed by atoms with Crippen molar-refractivity contribution < 1.29 is 9.32 Å². The molecule has 2 aromatic heterocycles. The van der Waals surface area contributed by atoms with Crippen LogP contribution in [0.2, 0.25) is 5.02 Å². The molecule has 0 bridgehead atoms. The van der Waals surface area contributed by atoms with Crippen molar-refractivity contribution in [1.82, 2.24) is 15.1 Å². The molecule has 1 aromatic carbocycles. The molecule has 23 heavy (non-hydrogen) atoms. The van der Waals surface area contributed by atoms with E-state index in [1.807, 2.05) is 13.8 Å². The highest BCUT2D eigenvalue weighted by Crippen LogP contribution is 2.30. The van der Waals surface area contributed by atoms with Crippen molar-refractivity contribution in [1.29, 1.82) is 0 Å². The van der Waals surface area contributed by atoms with E-state index in [4.69, 9.17) is 16.1 Å². The summed E-state index contributed by atoms with van der Waals surface area (Å²) in [5.74, 6) is 0.296. The number of nitrogens with one attached hydrogen (secondary N) is 1. The number of nitrogens with zero attached hydrogens (tertiary/aromatic N) is 3. The topological polar surface area (TPSA) is 80.9 Å². The van der Waals surface area contributed by atoms with Gasteiger partial charge in [-0.05, 0) is 19.1 Å². The second-order valence-corrected chi connectivity index (χ2v) is 5.85. The number of hydrogen-bond donors (Lipinski definition) is 1. The van der Waals surface area contributed by atoms with Crippen LogP contribution in [0.25, 0.3) is 11.0 Å². The molecule has 0 saturated heterocycles. The lowest BCUT2D eigenvalue weighted by Gasteiger charge is -2.09. The number of benzene rings is 1. The summed E-state index contributed by atoms with van der Waals surface area (Å²) in [5, 5.41) is 7.03. The lowest BCUT2D eigenvalue weighted by atomic mass is 10.0. The molecule has 0 saturated carbocycles. The number of anilines is 1. The van der Waals surface area contributed by atoms with Crippen LogP contribution < -0.4 is 5.32 Å². The van der Waals surface area contributed by atoms with Crippen LogP contribution in [-0.4, -0.2) is 21.0 Å². The Morgan fingerprint density at radius 2 is 2.00 bits per heavy atom. The van der Waals surface area contributed by atoms with Gasteiger partial charge in [0.2, 0.25) is 0 Å². The third kappa shape index (κ3) is 2.77. The summed E-state index contributed by atoms with van der Waals surface area (Å²) in [6, 6.07) is 3.46. The van der Waals surface area contributed by atoms with Gasteiger partial charge < -0.3 is 9.84 Å². The van der Waals surface area contributed by atoms with Gasteiger partial charge in [-0.3, -0.25) is 14.8 Å². The fourth-order valence-corrected chi connectivity index (χ4v) is 2.60. The summed E-state index contributed by atoms with van der Waals surface area (Å²) in [5.41, 5.74) is 2.66. The summed E-state index contributed by atoms with van der Waals surface area (Å²) >= 11 is 6.33. The second kappa shape index (κ2) is 5.96. The van der Waals surface area contributed by atoms with Crippen LogP contribution in [-0.2, 0) is 0 Å². The average Bonchev–Trinajstić information content (AvgIpc) is 2.92. The quantitative estimate of drug-likeness (QED) is 0.786. The molecule has 3 aromatic rings. The number of rotatable bonds is 3. The van der Waals surface area contributed by atoms with Crippen LogP contribution in [0.5, 0.6) is 0 Å². The second-order valence-electron chi connectivity index (χ2n) is 5.47. The number of carbonyl (C=O) groups is 1. The smallest absolute Gasteiger partial charge is 0.261 e.